The van der Waals surface area contributed by atoms with Gasteiger partial charge in [0.15, 0.2) is 0 Å². The third-order valence-corrected chi connectivity index (χ3v) is 6.09. The highest BCUT2D eigenvalue weighted by molar-refractivity contribution is 7.92. The van der Waals surface area contributed by atoms with E-state index in [2.05, 4.69) is 10.3 Å². The van der Waals surface area contributed by atoms with Gasteiger partial charge in [0.2, 0.25) is 20.7 Å². The second kappa shape index (κ2) is 6.89. The SMILES string of the molecule is COc1ncccc1S(=O)(=O)C(C)(F)C1CCNCC1.Cl. The van der Waals surface area contributed by atoms with Gasteiger partial charge in [-0.25, -0.2) is 17.8 Å². The predicted octanol–water partition coefficient (Wildman–Crippen LogP) is 1.97. The Morgan fingerprint density at radius 2 is 2.05 bits per heavy atom. The summed E-state index contributed by atoms with van der Waals surface area (Å²) in [5, 5.41) is 0.774. The van der Waals surface area contributed by atoms with Gasteiger partial charge in [-0.15, -0.1) is 12.4 Å². The zero-order chi connectivity index (χ0) is 14.8. The summed E-state index contributed by atoms with van der Waals surface area (Å²) in [6.45, 7) is 2.40. The maximum atomic E-state index is 15.1. The molecule has 0 spiro atoms. The molecule has 8 heteroatoms. The summed E-state index contributed by atoms with van der Waals surface area (Å²) < 4.78 is 45.2. The third-order valence-electron chi connectivity index (χ3n) is 3.81. The smallest absolute Gasteiger partial charge is 0.232 e. The number of nitrogens with zero attached hydrogens (tertiary/aromatic N) is 1. The zero-order valence-electron chi connectivity index (χ0n) is 12.0. The molecule has 1 aliphatic heterocycles. The third kappa shape index (κ3) is 3.30. The summed E-state index contributed by atoms with van der Waals surface area (Å²) in [7, 11) is -2.84. The Kier molecular flexibility index (Phi) is 5.95. The Bertz CT molecular complexity index is 575. The molecule has 2 heterocycles. The molecule has 1 aromatic rings. The van der Waals surface area contributed by atoms with Crippen LogP contribution in [0.4, 0.5) is 4.39 Å². The lowest BCUT2D eigenvalue weighted by molar-refractivity contribution is 0.159. The van der Waals surface area contributed by atoms with Crippen LogP contribution in [0.3, 0.4) is 0 Å². The number of aromatic nitrogens is 1. The molecular formula is C13H20ClFN2O3S. The number of hydrogen-bond donors (Lipinski definition) is 1. The fourth-order valence-electron chi connectivity index (χ4n) is 2.51. The van der Waals surface area contributed by atoms with Gasteiger partial charge in [0.05, 0.1) is 7.11 Å². The van der Waals surface area contributed by atoms with Gasteiger partial charge >= 0.3 is 0 Å². The van der Waals surface area contributed by atoms with Crippen LogP contribution in [0.5, 0.6) is 5.88 Å². The number of halogens is 2. The van der Waals surface area contributed by atoms with E-state index in [0.29, 0.717) is 25.9 Å². The Balaban J connectivity index is 0.00000220. The molecule has 2 rings (SSSR count). The van der Waals surface area contributed by atoms with Crippen molar-refractivity contribution in [3.63, 3.8) is 0 Å². The highest BCUT2D eigenvalue weighted by Gasteiger charge is 2.48. The lowest BCUT2D eigenvalue weighted by Crippen LogP contribution is -2.44. The van der Waals surface area contributed by atoms with Gasteiger partial charge in [0, 0.05) is 12.1 Å². The van der Waals surface area contributed by atoms with E-state index in [4.69, 9.17) is 4.74 Å². The topological polar surface area (TPSA) is 68.3 Å². The summed E-state index contributed by atoms with van der Waals surface area (Å²) in [6.07, 6.45) is 2.40. The molecule has 1 aromatic heterocycles. The summed E-state index contributed by atoms with van der Waals surface area (Å²) in [4.78, 5) is 3.65. The molecule has 5 nitrogen and oxygen atoms in total. The van der Waals surface area contributed by atoms with Crippen molar-refractivity contribution in [2.45, 2.75) is 29.7 Å². The van der Waals surface area contributed by atoms with E-state index in [-0.39, 0.29) is 23.2 Å². The number of alkyl halides is 1. The van der Waals surface area contributed by atoms with Crippen molar-refractivity contribution in [1.29, 1.82) is 0 Å². The largest absolute Gasteiger partial charge is 0.480 e. The summed E-state index contributed by atoms with van der Waals surface area (Å²) >= 11 is 0. The highest BCUT2D eigenvalue weighted by Crippen LogP contribution is 2.40. The number of methoxy groups -OCH3 is 1. The van der Waals surface area contributed by atoms with Crippen LogP contribution < -0.4 is 10.1 Å². The second-order valence-electron chi connectivity index (χ2n) is 5.02. The molecule has 1 N–H and O–H groups in total. The van der Waals surface area contributed by atoms with Crippen LogP contribution in [0.15, 0.2) is 23.2 Å². The maximum Gasteiger partial charge on any atom is 0.232 e. The number of pyridine rings is 1. The van der Waals surface area contributed by atoms with E-state index in [9.17, 15) is 8.42 Å². The van der Waals surface area contributed by atoms with Gasteiger partial charge in [0.25, 0.3) is 0 Å². The van der Waals surface area contributed by atoms with Crippen LogP contribution >= 0.6 is 12.4 Å². The molecule has 1 atom stereocenters. The van der Waals surface area contributed by atoms with E-state index < -0.39 is 20.8 Å². The predicted molar refractivity (Wildman–Crippen MR) is 80.3 cm³/mol. The molecule has 0 saturated carbocycles. The first-order valence-corrected chi connectivity index (χ1v) is 8.03. The van der Waals surface area contributed by atoms with Crippen molar-refractivity contribution < 1.29 is 17.5 Å². The van der Waals surface area contributed by atoms with Gasteiger partial charge < -0.3 is 10.1 Å². The van der Waals surface area contributed by atoms with E-state index in [0.717, 1.165) is 6.92 Å². The Hall–Kier alpha value is -0.920. The van der Waals surface area contributed by atoms with Crippen molar-refractivity contribution in [2.75, 3.05) is 20.2 Å². The molecule has 1 unspecified atom stereocenters. The van der Waals surface area contributed by atoms with Crippen molar-refractivity contribution in [1.82, 2.24) is 10.3 Å². The Morgan fingerprint density at radius 1 is 1.43 bits per heavy atom. The normalized spacial score (nSPS) is 19.4. The first kappa shape index (κ1) is 18.1. The van der Waals surface area contributed by atoms with Crippen molar-refractivity contribution in [2.24, 2.45) is 5.92 Å². The van der Waals surface area contributed by atoms with Gasteiger partial charge in [0.1, 0.15) is 4.90 Å². The zero-order valence-corrected chi connectivity index (χ0v) is 13.6. The van der Waals surface area contributed by atoms with Crippen molar-refractivity contribution in [3.05, 3.63) is 18.3 Å². The van der Waals surface area contributed by atoms with Gasteiger partial charge in [-0.3, -0.25) is 0 Å². The fraction of sp³-hybridized carbons (Fsp3) is 0.615. The van der Waals surface area contributed by atoms with Gasteiger partial charge in [-0.05, 0) is 45.0 Å². The lowest BCUT2D eigenvalue weighted by Gasteiger charge is -2.33. The number of rotatable bonds is 4. The maximum absolute atomic E-state index is 15.1. The Morgan fingerprint density at radius 3 is 2.62 bits per heavy atom. The quantitative estimate of drug-likeness (QED) is 0.909. The van der Waals surface area contributed by atoms with E-state index in [1.807, 2.05) is 0 Å². The van der Waals surface area contributed by atoms with Gasteiger partial charge in [-0.2, -0.15) is 0 Å². The first-order valence-electron chi connectivity index (χ1n) is 6.54. The average Bonchev–Trinajstić information content (AvgIpc) is 2.47. The van der Waals surface area contributed by atoms with Crippen LogP contribution in [0, 0.1) is 5.92 Å². The number of hydrogen-bond acceptors (Lipinski definition) is 5. The summed E-state index contributed by atoms with van der Waals surface area (Å²) in [6, 6.07) is 2.80. The minimum atomic E-state index is -4.16. The number of nitrogens with one attached hydrogen (secondary N) is 1. The van der Waals surface area contributed by atoms with Crippen molar-refractivity contribution in [3.8, 4) is 5.88 Å². The second-order valence-corrected chi connectivity index (χ2v) is 7.27. The van der Waals surface area contributed by atoms with Crippen LogP contribution in [0.2, 0.25) is 0 Å². The fourth-order valence-corrected chi connectivity index (χ4v) is 4.23. The molecule has 21 heavy (non-hydrogen) atoms. The molecule has 0 aromatic carbocycles. The van der Waals surface area contributed by atoms with Crippen LogP contribution in [0.1, 0.15) is 19.8 Å². The molecule has 0 radical (unpaired) electrons. The highest BCUT2D eigenvalue weighted by atomic mass is 35.5. The van der Waals surface area contributed by atoms with Crippen LogP contribution in [-0.4, -0.2) is 38.6 Å². The Labute approximate surface area is 130 Å². The average molecular weight is 339 g/mol. The molecule has 1 fully saturated rings. The number of piperidine rings is 1. The number of ether oxygens (including phenoxy) is 1. The molecular weight excluding hydrogens is 319 g/mol. The molecule has 1 saturated heterocycles. The molecule has 1 aliphatic rings. The summed E-state index contributed by atoms with van der Waals surface area (Å²) in [5.74, 6) is -0.594. The van der Waals surface area contributed by atoms with Gasteiger partial charge in [-0.1, -0.05) is 0 Å². The van der Waals surface area contributed by atoms with Crippen molar-refractivity contribution >= 4 is 22.2 Å². The van der Waals surface area contributed by atoms with E-state index in [1.165, 1.54) is 25.4 Å². The molecule has 120 valence electrons. The van der Waals surface area contributed by atoms with Crippen LogP contribution in [0.25, 0.3) is 0 Å². The summed E-state index contributed by atoms with van der Waals surface area (Å²) in [5.41, 5.74) is 0. The first-order chi connectivity index (χ1) is 9.41. The van der Waals surface area contributed by atoms with Crippen LogP contribution in [-0.2, 0) is 9.84 Å². The van der Waals surface area contributed by atoms with E-state index >= 15 is 4.39 Å². The monoisotopic (exact) mass is 338 g/mol. The molecule has 0 amide bonds. The minimum Gasteiger partial charge on any atom is -0.480 e. The van der Waals surface area contributed by atoms with E-state index in [1.54, 1.807) is 0 Å². The lowest BCUT2D eigenvalue weighted by atomic mass is 9.93. The minimum absolute atomic E-state index is 0. The number of sulfone groups is 1. The molecule has 0 bridgehead atoms. The standard InChI is InChI=1S/C13H19FN2O3S.ClH/c1-13(14,10-5-8-15-9-6-10)20(17,18)11-4-3-7-16-12(11)19-2;/h3-4,7,10,15H,5-6,8-9H2,1-2H3;1H. The molecule has 0 aliphatic carbocycles.